The number of rotatable bonds is 3. The van der Waals surface area contributed by atoms with Crippen LogP contribution in [0.3, 0.4) is 0 Å². The highest BCUT2D eigenvalue weighted by Crippen LogP contribution is 2.19. The van der Waals surface area contributed by atoms with Crippen molar-refractivity contribution >= 4 is 0 Å². The van der Waals surface area contributed by atoms with Crippen molar-refractivity contribution in [1.29, 1.82) is 0 Å². The molecule has 0 radical (unpaired) electrons. The molecule has 16 heavy (non-hydrogen) atoms. The van der Waals surface area contributed by atoms with Crippen LogP contribution >= 0.6 is 0 Å². The summed E-state index contributed by atoms with van der Waals surface area (Å²) in [6, 6.07) is 6.18. The normalized spacial score (nSPS) is 12.7. The average molecular weight is 220 g/mol. The Morgan fingerprint density at radius 2 is 2.31 bits per heavy atom. The monoisotopic (exact) mass is 220 g/mol. The topological polar surface area (TPSA) is 38.0 Å². The van der Waals surface area contributed by atoms with Gasteiger partial charge in [-0.3, -0.25) is 4.68 Å². The van der Waals surface area contributed by atoms with Gasteiger partial charge in [0.2, 0.25) is 0 Å². The van der Waals surface area contributed by atoms with E-state index in [1.54, 1.807) is 36.1 Å². The minimum absolute atomic E-state index is 0.285. The van der Waals surface area contributed by atoms with Crippen LogP contribution in [0, 0.1) is 12.7 Å². The van der Waals surface area contributed by atoms with E-state index in [-0.39, 0.29) is 5.82 Å². The summed E-state index contributed by atoms with van der Waals surface area (Å²) in [5.41, 5.74) is 1.48. The van der Waals surface area contributed by atoms with Crippen LogP contribution in [-0.2, 0) is 6.54 Å². The lowest BCUT2D eigenvalue weighted by atomic mass is 10.0. The third-order valence-electron chi connectivity index (χ3n) is 2.51. The van der Waals surface area contributed by atoms with Crippen LogP contribution in [0.15, 0.2) is 36.7 Å². The molecular weight excluding hydrogens is 207 g/mol. The molecule has 0 saturated carbocycles. The second kappa shape index (κ2) is 4.45. The fourth-order valence-electron chi connectivity index (χ4n) is 1.70. The highest BCUT2D eigenvalue weighted by Gasteiger charge is 2.11. The van der Waals surface area contributed by atoms with Gasteiger partial charge in [0.1, 0.15) is 5.82 Å². The predicted molar refractivity (Wildman–Crippen MR) is 58.3 cm³/mol. The summed E-state index contributed by atoms with van der Waals surface area (Å²) < 4.78 is 14.5. The summed E-state index contributed by atoms with van der Waals surface area (Å²) in [7, 11) is 0. The van der Waals surface area contributed by atoms with Gasteiger partial charge in [0, 0.05) is 12.4 Å². The Kier molecular flexibility index (Phi) is 3.01. The zero-order valence-electron chi connectivity index (χ0n) is 8.97. The fraction of sp³-hybridized carbons (Fsp3) is 0.250. The van der Waals surface area contributed by atoms with Crippen LogP contribution in [0.1, 0.15) is 17.2 Å². The van der Waals surface area contributed by atoms with Crippen molar-refractivity contribution in [2.24, 2.45) is 0 Å². The number of hydrogen-bond donors (Lipinski definition) is 1. The molecule has 0 saturated heterocycles. The first-order valence-corrected chi connectivity index (χ1v) is 5.08. The smallest absolute Gasteiger partial charge is 0.123 e. The number of hydrogen-bond acceptors (Lipinski definition) is 2. The zero-order valence-corrected chi connectivity index (χ0v) is 8.97. The second-order valence-electron chi connectivity index (χ2n) is 3.74. The Bertz CT molecular complexity index is 468. The summed E-state index contributed by atoms with van der Waals surface area (Å²) in [6.45, 7) is 2.16. The standard InChI is InChI=1S/C12H13FN2O/c1-9-7-10(13)3-4-11(9)12(16)8-15-6-2-5-14-15/h2-7,12,16H,8H2,1H3. The first-order valence-electron chi connectivity index (χ1n) is 5.08. The molecule has 0 bridgehead atoms. The zero-order chi connectivity index (χ0) is 11.5. The number of aromatic nitrogens is 2. The van der Waals surface area contributed by atoms with Gasteiger partial charge in [0.15, 0.2) is 0 Å². The van der Waals surface area contributed by atoms with Crippen LogP contribution in [-0.4, -0.2) is 14.9 Å². The molecule has 1 aromatic carbocycles. The van der Waals surface area contributed by atoms with Crippen molar-refractivity contribution in [3.8, 4) is 0 Å². The van der Waals surface area contributed by atoms with Gasteiger partial charge in [-0.05, 0) is 36.2 Å². The predicted octanol–water partition coefficient (Wildman–Crippen LogP) is 2.06. The average Bonchev–Trinajstić information content (AvgIpc) is 2.70. The number of aliphatic hydroxyl groups is 1. The van der Waals surface area contributed by atoms with Gasteiger partial charge in [-0.1, -0.05) is 6.07 Å². The molecule has 0 aliphatic carbocycles. The van der Waals surface area contributed by atoms with Crippen LogP contribution in [0.4, 0.5) is 4.39 Å². The third-order valence-corrected chi connectivity index (χ3v) is 2.51. The molecule has 1 N–H and O–H groups in total. The maximum absolute atomic E-state index is 12.9. The summed E-state index contributed by atoms with van der Waals surface area (Å²) in [6.07, 6.45) is 2.77. The first kappa shape index (κ1) is 10.8. The Morgan fingerprint density at radius 3 is 2.94 bits per heavy atom. The Hall–Kier alpha value is -1.68. The molecule has 3 nitrogen and oxygen atoms in total. The third kappa shape index (κ3) is 2.28. The number of aryl methyl sites for hydroxylation is 1. The second-order valence-corrected chi connectivity index (χ2v) is 3.74. The molecular formula is C12H13FN2O. The highest BCUT2D eigenvalue weighted by atomic mass is 19.1. The molecule has 0 aliphatic heterocycles. The van der Waals surface area contributed by atoms with Gasteiger partial charge in [0.25, 0.3) is 0 Å². The Morgan fingerprint density at radius 1 is 1.50 bits per heavy atom. The van der Waals surface area contributed by atoms with Gasteiger partial charge in [0.05, 0.1) is 12.6 Å². The molecule has 84 valence electrons. The van der Waals surface area contributed by atoms with E-state index in [0.717, 1.165) is 11.1 Å². The van der Waals surface area contributed by atoms with Crippen molar-refractivity contribution in [2.45, 2.75) is 19.6 Å². The summed E-state index contributed by atoms with van der Waals surface area (Å²) in [4.78, 5) is 0. The minimum atomic E-state index is -0.666. The Labute approximate surface area is 93.2 Å². The van der Waals surface area contributed by atoms with Crippen molar-refractivity contribution in [3.63, 3.8) is 0 Å². The molecule has 0 spiro atoms. The molecule has 1 heterocycles. The molecule has 1 unspecified atom stereocenters. The quantitative estimate of drug-likeness (QED) is 0.859. The highest BCUT2D eigenvalue weighted by molar-refractivity contribution is 5.28. The van der Waals surface area contributed by atoms with E-state index in [1.807, 2.05) is 0 Å². The maximum atomic E-state index is 12.9. The summed E-state index contributed by atoms with van der Waals surface area (Å²) in [5.74, 6) is -0.285. The molecule has 2 rings (SSSR count). The van der Waals surface area contributed by atoms with E-state index >= 15 is 0 Å². The first-order chi connectivity index (χ1) is 7.66. The molecule has 2 aromatic rings. The van der Waals surface area contributed by atoms with Gasteiger partial charge < -0.3 is 5.11 Å². The largest absolute Gasteiger partial charge is 0.386 e. The van der Waals surface area contributed by atoms with E-state index < -0.39 is 6.10 Å². The lowest BCUT2D eigenvalue weighted by Crippen LogP contribution is -2.10. The molecule has 4 heteroatoms. The molecule has 1 atom stereocenters. The van der Waals surface area contributed by atoms with E-state index in [0.29, 0.717) is 6.54 Å². The number of aliphatic hydroxyl groups excluding tert-OH is 1. The van der Waals surface area contributed by atoms with Gasteiger partial charge >= 0.3 is 0 Å². The van der Waals surface area contributed by atoms with Crippen molar-refractivity contribution in [1.82, 2.24) is 9.78 Å². The number of benzene rings is 1. The number of nitrogens with zero attached hydrogens (tertiary/aromatic N) is 2. The number of halogens is 1. The van der Waals surface area contributed by atoms with Crippen LogP contribution in [0.25, 0.3) is 0 Å². The molecule has 1 aromatic heterocycles. The van der Waals surface area contributed by atoms with E-state index in [1.165, 1.54) is 12.1 Å². The lowest BCUT2D eigenvalue weighted by molar-refractivity contribution is 0.151. The van der Waals surface area contributed by atoms with Crippen LogP contribution in [0.2, 0.25) is 0 Å². The molecule has 0 amide bonds. The van der Waals surface area contributed by atoms with E-state index in [4.69, 9.17) is 0 Å². The van der Waals surface area contributed by atoms with E-state index in [2.05, 4.69) is 5.10 Å². The Balaban J connectivity index is 2.17. The van der Waals surface area contributed by atoms with Crippen molar-refractivity contribution in [2.75, 3.05) is 0 Å². The lowest BCUT2D eigenvalue weighted by Gasteiger charge is -2.13. The van der Waals surface area contributed by atoms with Gasteiger partial charge in [-0.15, -0.1) is 0 Å². The minimum Gasteiger partial charge on any atom is -0.386 e. The van der Waals surface area contributed by atoms with Crippen LogP contribution in [0.5, 0.6) is 0 Å². The molecule has 0 fully saturated rings. The SMILES string of the molecule is Cc1cc(F)ccc1C(O)Cn1cccn1. The van der Waals surface area contributed by atoms with Crippen LogP contribution < -0.4 is 0 Å². The summed E-state index contributed by atoms with van der Waals surface area (Å²) in [5, 5.41) is 14.0. The summed E-state index contributed by atoms with van der Waals surface area (Å²) >= 11 is 0. The van der Waals surface area contributed by atoms with Gasteiger partial charge in [-0.25, -0.2) is 4.39 Å². The van der Waals surface area contributed by atoms with Gasteiger partial charge in [-0.2, -0.15) is 5.10 Å². The maximum Gasteiger partial charge on any atom is 0.123 e. The van der Waals surface area contributed by atoms with E-state index in [9.17, 15) is 9.50 Å². The van der Waals surface area contributed by atoms with Crippen molar-refractivity contribution < 1.29 is 9.50 Å². The van der Waals surface area contributed by atoms with Crippen molar-refractivity contribution in [3.05, 3.63) is 53.6 Å². The fourth-order valence-corrected chi connectivity index (χ4v) is 1.70. The molecule has 0 aliphatic rings.